The van der Waals surface area contributed by atoms with E-state index < -0.39 is 12.5 Å². The van der Waals surface area contributed by atoms with Gasteiger partial charge in [-0.3, -0.25) is 9.72 Å². The molecule has 0 aliphatic heterocycles. The summed E-state index contributed by atoms with van der Waals surface area (Å²) in [4.78, 5) is 13.4. The molecule has 5 rings (SSSR count). The zero-order valence-corrected chi connectivity index (χ0v) is 16.4. The van der Waals surface area contributed by atoms with Crippen molar-refractivity contribution in [3.63, 3.8) is 0 Å². The van der Waals surface area contributed by atoms with E-state index in [2.05, 4.69) is 30.1 Å². The average molecular weight is 428 g/mol. The van der Waals surface area contributed by atoms with Crippen molar-refractivity contribution in [2.75, 3.05) is 5.32 Å². The first-order valence-electron chi connectivity index (χ1n) is 10.0. The number of ether oxygens (including phenoxy) is 1. The SMILES string of the molecule is FC(F)(F)O[C@H]1CC[C@@H](Nc2ncc3c(-c4ccc5ncccc5n4)ccn3n2)CC1. The molecule has 0 spiro atoms. The van der Waals surface area contributed by atoms with Crippen molar-refractivity contribution in [1.82, 2.24) is 24.6 Å². The highest BCUT2D eigenvalue weighted by Crippen LogP contribution is 2.29. The van der Waals surface area contributed by atoms with Gasteiger partial charge in [0.05, 0.1) is 34.5 Å². The third-order valence-electron chi connectivity index (χ3n) is 5.46. The minimum absolute atomic E-state index is 0.00946. The van der Waals surface area contributed by atoms with Crippen LogP contribution in [0.5, 0.6) is 0 Å². The zero-order valence-electron chi connectivity index (χ0n) is 16.4. The van der Waals surface area contributed by atoms with E-state index in [4.69, 9.17) is 0 Å². The maximum Gasteiger partial charge on any atom is 0.522 e. The van der Waals surface area contributed by atoms with Gasteiger partial charge in [-0.05, 0) is 56.0 Å². The molecule has 1 N–H and O–H groups in total. The Labute approximate surface area is 175 Å². The number of aromatic nitrogens is 5. The van der Waals surface area contributed by atoms with Crippen LogP contribution in [-0.2, 0) is 4.74 Å². The lowest BCUT2D eigenvalue weighted by Crippen LogP contribution is -2.33. The van der Waals surface area contributed by atoms with Gasteiger partial charge in [-0.2, -0.15) is 0 Å². The first kappa shape index (κ1) is 19.7. The summed E-state index contributed by atoms with van der Waals surface area (Å²) >= 11 is 0. The van der Waals surface area contributed by atoms with Crippen LogP contribution in [0.3, 0.4) is 0 Å². The molecule has 4 heterocycles. The topological polar surface area (TPSA) is 77.2 Å². The Morgan fingerprint density at radius 2 is 1.84 bits per heavy atom. The van der Waals surface area contributed by atoms with Crippen molar-refractivity contribution < 1.29 is 17.9 Å². The number of hydrogen-bond acceptors (Lipinski definition) is 6. The van der Waals surface area contributed by atoms with E-state index in [1.165, 1.54) is 0 Å². The van der Waals surface area contributed by atoms with Crippen LogP contribution >= 0.6 is 0 Å². The summed E-state index contributed by atoms with van der Waals surface area (Å²) in [5, 5.41) is 7.73. The first-order chi connectivity index (χ1) is 14.9. The van der Waals surface area contributed by atoms with Crippen molar-refractivity contribution in [2.45, 2.75) is 44.2 Å². The van der Waals surface area contributed by atoms with E-state index in [0.717, 1.165) is 27.8 Å². The smallest absolute Gasteiger partial charge is 0.350 e. The predicted octanol–water partition coefficient (Wildman–Crippen LogP) is 4.60. The normalized spacial score (nSPS) is 19.7. The first-order valence-corrected chi connectivity index (χ1v) is 10.0. The Morgan fingerprint density at radius 1 is 1.00 bits per heavy atom. The number of hydrogen-bond donors (Lipinski definition) is 1. The van der Waals surface area contributed by atoms with Crippen molar-refractivity contribution >= 4 is 22.5 Å². The zero-order chi connectivity index (χ0) is 21.4. The number of alkyl halides is 3. The second kappa shape index (κ2) is 7.77. The summed E-state index contributed by atoms with van der Waals surface area (Å²) in [6.07, 6.45) is 1.74. The van der Waals surface area contributed by atoms with Crippen LogP contribution in [-0.4, -0.2) is 43.1 Å². The molecular weight excluding hydrogens is 409 g/mol. The van der Waals surface area contributed by atoms with Gasteiger partial charge in [0.15, 0.2) is 0 Å². The molecule has 0 saturated heterocycles. The monoisotopic (exact) mass is 428 g/mol. The predicted molar refractivity (Wildman–Crippen MR) is 108 cm³/mol. The number of nitrogens with one attached hydrogen (secondary N) is 1. The highest BCUT2D eigenvalue weighted by Gasteiger charge is 2.35. The Bertz CT molecular complexity index is 1220. The molecule has 0 unspecified atom stereocenters. The standard InChI is InChI=1S/C21H19F3N6O/c22-21(23,24)31-14-5-3-13(4-6-14)27-20-26-12-19-15(9-11-30(19)29-20)16-7-8-17-18(28-16)2-1-10-25-17/h1-2,7-14H,3-6H2,(H,27,29)/t13-,14+. The molecule has 7 nitrogen and oxygen atoms in total. The molecule has 1 aliphatic rings. The fourth-order valence-corrected chi connectivity index (χ4v) is 3.99. The molecule has 0 radical (unpaired) electrons. The molecule has 1 saturated carbocycles. The highest BCUT2D eigenvalue weighted by atomic mass is 19.4. The molecule has 0 amide bonds. The fraction of sp³-hybridized carbons (Fsp3) is 0.333. The number of nitrogens with zero attached hydrogens (tertiary/aromatic N) is 5. The summed E-state index contributed by atoms with van der Waals surface area (Å²) in [6, 6.07) is 9.54. The molecule has 1 fully saturated rings. The molecule has 0 aromatic carbocycles. The van der Waals surface area contributed by atoms with Gasteiger partial charge in [-0.25, -0.2) is 14.5 Å². The number of pyridine rings is 2. The van der Waals surface area contributed by atoms with Gasteiger partial charge < -0.3 is 5.32 Å². The van der Waals surface area contributed by atoms with Gasteiger partial charge in [-0.1, -0.05) is 0 Å². The molecule has 0 bridgehead atoms. The molecule has 160 valence electrons. The maximum absolute atomic E-state index is 12.4. The summed E-state index contributed by atoms with van der Waals surface area (Å²) in [5.74, 6) is 0.436. The van der Waals surface area contributed by atoms with E-state index in [1.54, 1.807) is 16.9 Å². The summed E-state index contributed by atoms with van der Waals surface area (Å²) in [7, 11) is 0. The van der Waals surface area contributed by atoms with Gasteiger partial charge in [0.1, 0.15) is 0 Å². The van der Waals surface area contributed by atoms with Crippen LogP contribution < -0.4 is 5.32 Å². The van der Waals surface area contributed by atoms with Crippen molar-refractivity contribution in [3.05, 3.63) is 48.9 Å². The van der Waals surface area contributed by atoms with Crippen LogP contribution in [0.2, 0.25) is 0 Å². The van der Waals surface area contributed by atoms with Gasteiger partial charge in [-0.15, -0.1) is 18.3 Å². The quantitative estimate of drug-likeness (QED) is 0.512. The maximum atomic E-state index is 12.4. The lowest BCUT2D eigenvalue weighted by molar-refractivity contribution is -0.345. The third-order valence-corrected chi connectivity index (χ3v) is 5.46. The van der Waals surface area contributed by atoms with Crippen molar-refractivity contribution in [3.8, 4) is 11.3 Å². The molecule has 31 heavy (non-hydrogen) atoms. The molecule has 4 aromatic rings. The van der Waals surface area contributed by atoms with Crippen LogP contribution in [0.1, 0.15) is 25.7 Å². The lowest BCUT2D eigenvalue weighted by atomic mass is 9.93. The number of rotatable bonds is 4. The summed E-state index contributed by atoms with van der Waals surface area (Å²) < 4.78 is 43.0. The van der Waals surface area contributed by atoms with E-state index in [9.17, 15) is 13.2 Å². The summed E-state index contributed by atoms with van der Waals surface area (Å²) in [6.45, 7) is 0. The Morgan fingerprint density at radius 3 is 2.65 bits per heavy atom. The Kier molecular flexibility index (Phi) is 4.93. The van der Waals surface area contributed by atoms with Gasteiger partial charge in [0.2, 0.25) is 5.95 Å². The average Bonchev–Trinajstić information content (AvgIpc) is 3.17. The van der Waals surface area contributed by atoms with Crippen LogP contribution in [0.15, 0.2) is 48.9 Å². The number of fused-ring (bicyclic) bond motifs is 2. The lowest BCUT2D eigenvalue weighted by Gasteiger charge is -2.29. The largest absolute Gasteiger partial charge is 0.522 e. The molecular formula is C21H19F3N6O. The van der Waals surface area contributed by atoms with Crippen molar-refractivity contribution in [1.29, 1.82) is 0 Å². The molecule has 1 aliphatic carbocycles. The van der Waals surface area contributed by atoms with Gasteiger partial charge >= 0.3 is 6.36 Å². The highest BCUT2D eigenvalue weighted by molar-refractivity contribution is 5.83. The van der Waals surface area contributed by atoms with Crippen LogP contribution in [0, 0.1) is 0 Å². The molecule has 4 aromatic heterocycles. The van der Waals surface area contributed by atoms with E-state index in [-0.39, 0.29) is 6.04 Å². The van der Waals surface area contributed by atoms with Crippen molar-refractivity contribution in [2.24, 2.45) is 0 Å². The molecule has 0 atom stereocenters. The Hall–Kier alpha value is -3.27. The molecule has 10 heteroatoms. The summed E-state index contributed by atoms with van der Waals surface area (Å²) in [5.41, 5.74) is 4.15. The van der Waals surface area contributed by atoms with Crippen LogP contribution in [0.25, 0.3) is 27.8 Å². The second-order valence-electron chi connectivity index (χ2n) is 7.56. The fourth-order valence-electron chi connectivity index (χ4n) is 3.99. The number of anilines is 1. The minimum atomic E-state index is -4.58. The number of halogens is 3. The van der Waals surface area contributed by atoms with Gasteiger partial charge in [0, 0.05) is 24.0 Å². The third kappa shape index (κ3) is 4.29. The second-order valence-corrected chi connectivity index (χ2v) is 7.56. The van der Waals surface area contributed by atoms with E-state index in [1.807, 2.05) is 36.5 Å². The van der Waals surface area contributed by atoms with E-state index in [0.29, 0.717) is 31.6 Å². The van der Waals surface area contributed by atoms with Crippen LogP contribution in [0.4, 0.5) is 19.1 Å². The minimum Gasteiger partial charge on any atom is -0.350 e. The van der Waals surface area contributed by atoms with E-state index >= 15 is 0 Å². The van der Waals surface area contributed by atoms with Gasteiger partial charge in [0.25, 0.3) is 0 Å². The Balaban J connectivity index is 1.30.